The molecule has 0 amide bonds. The van der Waals surface area contributed by atoms with Crippen molar-refractivity contribution in [1.29, 1.82) is 0 Å². The highest BCUT2D eigenvalue weighted by molar-refractivity contribution is 6.31. The molecule has 0 saturated heterocycles. The van der Waals surface area contributed by atoms with Crippen LogP contribution in [0.15, 0.2) is 64.2 Å². The predicted molar refractivity (Wildman–Crippen MR) is 144 cm³/mol. The third kappa shape index (κ3) is 4.84. The van der Waals surface area contributed by atoms with E-state index in [-0.39, 0.29) is 42.1 Å². The van der Waals surface area contributed by atoms with E-state index in [0.717, 1.165) is 35.8 Å². The van der Waals surface area contributed by atoms with E-state index < -0.39 is 11.2 Å². The number of carbonyl (C=O) groups is 1. The zero-order valence-corrected chi connectivity index (χ0v) is 21.3. The molecular weight excluding hydrogens is 492 g/mol. The van der Waals surface area contributed by atoms with Gasteiger partial charge in [-0.15, -0.1) is 0 Å². The number of benzene rings is 2. The number of fused-ring (bicyclic) bond motifs is 1. The van der Waals surface area contributed by atoms with E-state index in [1.54, 1.807) is 48.0 Å². The number of nitrogens with zero attached hydrogens (tertiary/aromatic N) is 4. The summed E-state index contributed by atoms with van der Waals surface area (Å²) in [4.78, 5) is 44.6. The minimum absolute atomic E-state index is 0.0190. The Kier molecular flexibility index (Phi) is 6.99. The summed E-state index contributed by atoms with van der Waals surface area (Å²) in [5, 5.41) is 3.99. The first kappa shape index (κ1) is 25.0. The van der Waals surface area contributed by atoms with Gasteiger partial charge in [0.2, 0.25) is 5.95 Å². The number of anilines is 1. The molecule has 0 aliphatic heterocycles. The Balaban J connectivity index is 1.66. The summed E-state index contributed by atoms with van der Waals surface area (Å²) in [5.41, 5.74) is 6.87. The van der Waals surface area contributed by atoms with Crippen LogP contribution >= 0.6 is 11.6 Å². The smallest absolute Gasteiger partial charge is 0.332 e. The Morgan fingerprint density at radius 1 is 1.05 bits per heavy atom. The van der Waals surface area contributed by atoms with Crippen LogP contribution in [0.4, 0.5) is 5.95 Å². The quantitative estimate of drug-likeness (QED) is 0.361. The minimum Gasteiger partial charge on any atom is -0.351 e. The molecule has 1 aliphatic carbocycles. The van der Waals surface area contributed by atoms with Gasteiger partial charge < -0.3 is 11.1 Å². The molecule has 2 aromatic carbocycles. The molecule has 1 saturated carbocycles. The number of nitrogens with two attached hydrogens (primary N) is 1. The number of rotatable bonds is 7. The lowest BCUT2D eigenvalue weighted by molar-refractivity contribution is 0.0969. The first-order valence-electron chi connectivity index (χ1n) is 12.4. The molecule has 5 rings (SSSR count). The largest absolute Gasteiger partial charge is 0.351 e. The van der Waals surface area contributed by atoms with Crippen molar-refractivity contribution >= 4 is 34.5 Å². The van der Waals surface area contributed by atoms with Gasteiger partial charge in [0.25, 0.3) is 5.56 Å². The molecule has 4 aromatic rings. The summed E-state index contributed by atoms with van der Waals surface area (Å²) in [5.74, 6) is 0.111. The van der Waals surface area contributed by atoms with E-state index in [1.807, 2.05) is 18.2 Å². The van der Waals surface area contributed by atoms with Gasteiger partial charge in [-0.25, -0.2) is 4.79 Å². The number of Topliss-reactive ketones (excluding diaryl/α,β-unsaturated/α-hetero) is 1. The van der Waals surface area contributed by atoms with Crippen LogP contribution in [0.2, 0.25) is 5.02 Å². The molecule has 2 atom stereocenters. The van der Waals surface area contributed by atoms with Crippen LogP contribution in [0.25, 0.3) is 11.2 Å². The van der Waals surface area contributed by atoms with Crippen molar-refractivity contribution in [3.8, 4) is 0 Å². The molecule has 0 radical (unpaired) electrons. The Morgan fingerprint density at radius 2 is 1.76 bits per heavy atom. The second-order valence-electron chi connectivity index (χ2n) is 9.51. The Morgan fingerprint density at radius 3 is 2.49 bits per heavy atom. The molecular formula is C27H29ClN6O3. The van der Waals surface area contributed by atoms with Crippen molar-refractivity contribution in [2.24, 2.45) is 12.8 Å². The van der Waals surface area contributed by atoms with Crippen LogP contribution in [0, 0.1) is 0 Å². The van der Waals surface area contributed by atoms with Crippen LogP contribution in [-0.2, 0) is 20.1 Å². The molecule has 10 heteroatoms. The Bertz CT molecular complexity index is 1570. The van der Waals surface area contributed by atoms with E-state index in [9.17, 15) is 14.4 Å². The van der Waals surface area contributed by atoms with E-state index in [4.69, 9.17) is 17.3 Å². The summed E-state index contributed by atoms with van der Waals surface area (Å²) >= 11 is 6.47. The van der Waals surface area contributed by atoms with Crippen molar-refractivity contribution in [1.82, 2.24) is 18.7 Å². The zero-order chi connectivity index (χ0) is 26.1. The highest BCUT2D eigenvalue weighted by Crippen LogP contribution is 2.25. The molecule has 0 unspecified atom stereocenters. The van der Waals surface area contributed by atoms with Gasteiger partial charge in [-0.2, -0.15) is 4.98 Å². The lowest BCUT2D eigenvalue weighted by Gasteiger charge is -2.29. The number of ketones is 1. The second-order valence-corrected chi connectivity index (χ2v) is 9.91. The first-order valence-corrected chi connectivity index (χ1v) is 12.8. The number of halogens is 1. The van der Waals surface area contributed by atoms with Crippen LogP contribution in [0.3, 0.4) is 0 Å². The SMILES string of the molecule is Cn1c(=O)n(CC(=O)c2ccccc2)c(=O)c2c1nc(N[C@H]1CCCC[C@H]1N)n2Cc1ccccc1Cl. The topological polar surface area (TPSA) is 117 Å². The van der Waals surface area contributed by atoms with Crippen molar-refractivity contribution < 1.29 is 4.79 Å². The monoisotopic (exact) mass is 520 g/mol. The fraction of sp³-hybridized carbons (Fsp3) is 0.333. The Labute approximate surface area is 218 Å². The summed E-state index contributed by atoms with van der Waals surface area (Å²) < 4.78 is 4.02. The maximum atomic E-state index is 13.8. The third-order valence-corrected chi connectivity index (χ3v) is 7.42. The van der Waals surface area contributed by atoms with Gasteiger partial charge in [-0.1, -0.05) is 73.0 Å². The number of hydrogen-bond acceptors (Lipinski definition) is 6. The summed E-state index contributed by atoms with van der Waals surface area (Å²) in [6.07, 6.45) is 3.90. The van der Waals surface area contributed by atoms with Crippen LogP contribution < -0.4 is 22.3 Å². The van der Waals surface area contributed by atoms with Gasteiger partial charge in [0.1, 0.15) is 0 Å². The van der Waals surface area contributed by atoms with Gasteiger partial charge in [-0.3, -0.25) is 23.3 Å². The standard InChI is InChI=1S/C27H29ClN6O3/c1-32-24-23(25(36)34(27(32)37)16-22(35)17-9-3-2-4-10-17)33(15-18-11-5-6-12-19(18)28)26(31-24)30-21-14-8-7-13-20(21)29/h2-6,9-12,20-21H,7-8,13-16,29H2,1H3,(H,30,31)/t20-,21+/m1/s1. The van der Waals surface area contributed by atoms with Crippen LogP contribution in [-0.4, -0.2) is 36.6 Å². The zero-order valence-electron chi connectivity index (χ0n) is 20.6. The van der Waals surface area contributed by atoms with E-state index >= 15 is 0 Å². The molecule has 192 valence electrons. The highest BCUT2D eigenvalue weighted by Gasteiger charge is 2.27. The van der Waals surface area contributed by atoms with Crippen LogP contribution in [0.5, 0.6) is 0 Å². The van der Waals surface area contributed by atoms with Crippen molar-refractivity contribution in [2.45, 2.75) is 50.9 Å². The van der Waals surface area contributed by atoms with E-state index in [2.05, 4.69) is 10.3 Å². The second kappa shape index (κ2) is 10.4. The van der Waals surface area contributed by atoms with Gasteiger partial charge in [-0.05, 0) is 24.5 Å². The van der Waals surface area contributed by atoms with Crippen molar-refractivity contribution in [3.63, 3.8) is 0 Å². The molecule has 1 fully saturated rings. The summed E-state index contributed by atoms with van der Waals surface area (Å²) in [7, 11) is 1.55. The third-order valence-electron chi connectivity index (χ3n) is 7.05. The normalized spacial score (nSPS) is 17.7. The van der Waals surface area contributed by atoms with Crippen LogP contribution in [0.1, 0.15) is 41.6 Å². The molecule has 0 spiro atoms. The van der Waals surface area contributed by atoms with E-state index in [1.165, 1.54) is 4.57 Å². The number of carbonyl (C=O) groups excluding carboxylic acids is 1. The first-order chi connectivity index (χ1) is 17.8. The minimum atomic E-state index is -0.606. The number of hydrogen-bond donors (Lipinski definition) is 2. The molecule has 2 heterocycles. The maximum absolute atomic E-state index is 13.8. The van der Waals surface area contributed by atoms with Gasteiger partial charge in [0.15, 0.2) is 16.9 Å². The molecule has 9 nitrogen and oxygen atoms in total. The average molecular weight is 521 g/mol. The predicted octanol–water partition coefficient (Wildman–Crippen LogP) is 3.16. The molecule has 1 aliphatic rings. The molecule has 2 aromatic heterocycles. The van der Waals surface area contributed by atoms with E-state index in [0.29, 0.717) is 16.5 Å². The lowest BCUT2D eigenvalue weighted by atomic mass is 9.91. The highest BCUT2D eigenvalue weighted by atomic mass is 35.5. The summed E-state index contributed by atoms with van der Waals surface area (Å²) in [6, 6.07) is 15.9. The van der Waals surface area contributed by atoms with Gasteiger partial charge in [0, 0.05) is 29.7 Å². The summed E-state index contributed by atoms with van der Waals surface area (Å²) in [6.45, 7) is -0.125. The number of aryl methyl sites for hydroxylation is 1. The van der Waals surface area contributed by atoms with Gasteiger partial charge >= 0.3 is 5.69 Å². The molecule has 37 heavy (non-hydrogen) atoms. The average Bonchev–Trinajstić information content (AvgIpc) is 3.26. The number of nitrogens with one attached hydrogen (secondary N) is 1. The van der Waals surface area contributed by atoms with Gasteiger partial charge in [0.05, 0.1) is 13.1 Å². The number of aromatic nitrogens is 4. The maximum Gasteiger partial charge on any atom is 0.332 e. The van der Waals surface area contributed by atoms with Crippen molar-refractivity contribution in [2.75, 3.05) is 5.32 Å². The molecule has 0 bridgehead atoms. The van der Waals surface area contributed by atoms with Crippen molar-refractivity contribution in [3.05, 3.63) is 91.6 Å². The number of imidazole rings is 1. The lowest BCUT2D eigenvalue weighted by Crippen LogP contribution is -2.43. The fourth-order valence-corrected chi connectivity index (χ4v) is 5.13. The fourth-order valence-electron chi connectivity index (χ4n) is 4.94. The Hall–Kier alpha value is -3.69. The molecule has 3 N–H and O–H groups in total.